The van der Waals surface area contributed by atoms with Gasteiger partial charge in [0.2, 0.25) is 0 Å². The van der Waals surface area contributed by atoms with Gasteiger partial charge in [-0.3, -0.25) is 0 Å². The van der Waals surface area contributed by atoms with Crippen LogP contribution in [0.2, 0.25) is 0 Å². The van der Waals surface area contributed by atoms with Crippen molar-refractivity contribution in [3.8, 4) is 0 Å². The molecule has 0 bridgehead atoms. The summed E-state index contributed by atoms with van der Waals surface area (Å²) in [5, 5.41) is 4.31. The highest BCUT2D eigenvalue weighted by Gasteiger charge is 2.14. The van der Waals surface area contributed by atoms with E-state index in [-0.39, 0.29) is 6.04 Å². The minimum Gasteiger partial charge on any atom is -0.356 e. The number of nitrogens with one attached hydrogen (secondary N) is 1. The van der Waals surface area contributed by atoms with Gasteiger partial charge in [-0.2, -0.15) is 0 Å². The Morgan fingerprint density at radius 3 is 1.93 bits per heavy atom. The molecular formula is C24H26N2S. The van der Waals surface area contributed by atoms with E-state index in [1.807, 2.05) is 12.1 Å². The van der Waals surface area contributed by atoms with Gasteiger partial charge in [0.05, 0.1) is 6.04 Å². The van der Waals surface area contributed by atoms with Gasteiger partial charge in [-0.15, -0.1) is 0 Å². The number of thiocarbonyl (C=S) groups is 1. The van der Waals surface area contributed by atoms with Gasteiger partial charge >= 0.3 is 0 Å². The molecule has 0 amide bonds. The van der Waals surface area contributed by atoms with Crippen LogP contribution < -0.4 is 5.32 Å². The van der Waals surface area contributed by atoms with Crippen LogP contribution >= 0.6 is 12.2 Å². The van der Waals surface area contributed by atoms with Crippen molar-refractivity contribution in [2.45, 2.75) is 25.9 Å². The molecule has 1 atom stereocenters. The lowest BCUT2D eigenvalue weighted by Crippen LogP contribution is -2.41. The molecule has 0 aliphatic heterocycles. The normalized spacial score (nSPS) is 11.6. The third kappa shape index (κ3) is 5.93. The van der Waals surface area contributed by atoms with Crippen molar-refractivity contribution in [1.29, 1.82) is 0 Å². The average molecular weight is 375 g/mol. The first-order valence-corrected chi connectivity index (χ1v) is 9.81. The van der Waals surface area contributed by atoms with Crippen molar-refractivity contribution < 1.29 is 0 Å². The van der Waals surface area contributed by atoms with Gasteiger partial charge in [0.1, 0.15) is 0 Å². The molecule has 2 nitrogen and oxygen atoms in total. The molecule has 3 aromatic rings. The van der Waals surface area contributed by atoms with Crippen LogP contribution in [-0.2, 0) is 13.0 Å². The fraction of sp³-hybridized carbons (Fsp3) is 0.208. The zero-order valence-corrected chi connectivity index (χ0v) is 16.5. The molecule has 0 saturated heterocycles. The third-order valence-electron chi connectivity index (χ3n) is 4.66. The van der Waals surface area contributed by atoms with Gasteiger partial charge < -0.3 is 10.2 Å². The van der Waals surface area contributed by atoms with Crippen molar-refractivity contribution in [3.63, 3.8) is 0 Å². The highest BCUT2D eigenvalue weighted by molar-refractivity contribution is 7.80. The molecule has 0 aromatic heterocycles. The van der Waals surface area contributed by atoms with E-state index in [2.05, 4.69) is 96.0 Å². The van der Waals surface area contributed by atoms with Crippen LogP contribution in [0.15, 0.2) is 91.0 Å². The predicted octanol–water partition coefficient (Wildman–Crippen LogP) is 5.37. The average Bonchev–Trinajstić information content (AvgIpc) is 2.73. The molecule has 138 valence electrons. The predicted molar refractivity (Wildman–Crippen MR) is 118 cm³/mol. The number of hydrogen-bond donors (Lipinski definition) is 1. The van der Waals surface area contributed by atoms with Crippen molar-refractivity contribution in [1.82, 2.24) is 10.2 Å². The fourth-order valence-electron chi connectivity index (χ4n) is 3.07. The standard InChI is InChI=1S/C24H26N2S/c1-20(23-15-9-4-10-16-23)25-24(27)26(19-22-13-7-3-8-14-22)18-17-21-11-5-2-6-12-21/h2-16,20H,17-19H2,1H3,(H,25,27). The highest BCUT2D eigenvalue weighted by Crippen LogP contribution is 2.13. The van der Waals surface area contributed by atoms with Gasteiger partial charge in [-0.05, 0) is 42.3 Å². The van der Waals surface area contributed by atoms with Gasteiger partial charge in [-0.1, -0.05) is 91.0 Å². The molecule has 1 N–H and O–H groups in total. The van der Waals surface area contributed by atoms with Crippen LogP contribution in [0.1, 0.15) is 29.7 Å². The molecule has 1 unspecified atom stereocenters. The van der Waals surface area contributed by atoms with Crippen LogP contribution in [0.3, 0.4) is 0 Å². The van der Waals surface area contributed by atoms with Gasteiger partial charge in [0, 0.05) is 13.1 Å². The van der Waals surface area contributed by atoms with Gasteiger partial charge in [-0.25, -0.2) is 0 Å². The summed E-state index contributed by atoms with van der Waals surface area (Å²) in [5.41, 5.74) is 3.83. The van der Waals surface area contributed by atoms with Crippen LogP contribution in [0, 0.1) is 0 Å². The molecular weight excluding hydrogens is 348 g/mol. The monoisotopic (exact) mass is 374 g/mol. The van der Waals surface area contributed by atoms with E-state index >= 15 is 0 Å². The van der Waals surface area contributed by atoms with Crippen molar-refractivity contribution in [2.24, 2.45) is 0 Å². The van der Waals surface area contributed by atoms with Crippen molar-refractivity contribution in [3.05, 3.63) is 108 Å². The number of rotatable bonds is 7. The van der Waals surface area contributed by atoms with Crippen molar-refractivity contribution in [2.75, 3.05) is 6.54 Å². The van der Waals surface area contributed by atoms with E-state index in [9.17, 15) is 0 Å². The molecule has 0 aliphatic carbocycles. The molecule has 0 radical (unpaired) electrons. The van der Waals surface area contributed by atoms with E-state index in [1.165, 1.54) is 16.7 Å². The Morgan fingerprint density at radius 1 is 0.815 bits per heavy atom. The SMILES string of the molecule is CC(NC(=S)N(CCc1ccccc1)Cc1ccccc1)c1ccccc1. The lowest BCUT2D eigenvalue weighted by Gasteiger charge is -2.28. The van der Waals surface area contributed by atoms with Crippen LogP contribution in [0.4, 0.5) is 0 Å². The van der Waals surface area contributed by atoms with E-state index in [4.69, 9.17) is 12.2 Å². The van der Waals surface area contributed by atoms with E-state index in [1.54, 1.807) is 0 Å². The summed E-state index contributed by atoms with van der Waals surface area (Å²) in [6.07, 6.45) is 0.967. The molecule has 3 heteroatoms. The second-order valence-corrected chi connectivity index (χ2v) is 7.11. The van der Waals surface area contributed by atoms with Crippen LogP contribution in [0.25, 0.3) is 0 Å². The third-order valence-corrected chi connectivity index (χ3v) is 5.03. The summed E-state index contributed by atoms with van der Waals surface area (Å²) in [5.74, 6) is 0. The molecule has 0 fully saturated rings. The molecule has 3 aromatic carbocycles. The maximum Gasteiger partial charge on any atom is 0.169 e. The van der Waals surface area contributed by atoms with Crippen LogP contribution in [-0.4, -0.2) is 16.6 Å². The molecule has 0 aliphatic rings. The van der Waals surface area contributed by atoms with Crippen LogP contribution in [0.5, 0.6) is 0 Å². The first kappa shape index (κ1) is 19.1. The maximum atomic E-state index is 5.78. The minimum absolute atomic E-state index is 0.175. The number of benzene rings is 3. The number of nitrogens with zero attached hydrogens (tertiary/aromatic N) is 1. The van der Waals surface area contributed by atoms with Crippen molar-refractivity contribution >= 4 is 17.3 Å². The summed E-state index contributed by atoms with van der Waals surface area (Å²) in [6, 6.07) is 31.7. The summed E-state index contributed by atoms with van der Waals surface area (Å²) in [6.45, 7) is 3.84. The zero-order valence-electron chi connectivity index (χ0n) is 15.7. The van der Waals surface area contributed by atoms with E-state index in [0.717, 1.165) is 24.6 Å². The Balaban J connectivity index is 1.68. The lowest BCUT2D eigenvalue weighted by molar-refractivity contribution is 0.403. The Labute approximate surface area is 167 Å². The number of hydrogen-bond acceptors (Lipinski definition) is 1. The Kier molecular flexibility index (Phi) is 7.00. The molecule has 0 saturated carbocycles. The molecule has 0 heterocycles. The largest absolute Gasteiger partial charge is 0.356 e. The second kappa shape index (κ2) is 9.89. The maximum absolute atomic E-state index is 5.78. The lowest BCUT2D eigenvalue weighted by atomic mass is 10.1. The van der Waals surface area contributed by atoms with E-state index < -0.39 is 0 Å². The molecule has 3 rings (SSSR count). The Morgan fingerprint density at radius 2 is 1.33 bits per heavy atom. The zero-order chi connectivity index (χ0) is 18.9. The summed E-state index contributed by atoms with van der Waals surface area (Å²) < 4.78 is 0. The van der Waals surface area contributed by atoms with Gasteiger partial charge in [0.15, 0.2) is 5.11 Å². The molecule has 0 spiro atoms. The Hall–Kier alpha value is -2.65. The first-order chi connectivity index (χ1) is 13.2. The quantitative estimate of drug-likeness (QED) is 0.560. The first-order valence-electron chi connectivity index (χ1n) is 9.40. The topological polar surface area (TPSA) is 15.3 Å². The fourth-order valence-corrected chi connectivity index (χ4v) is 3.40. The van der Waals surface area contributed by atoms with E-state index in [0.29, 0.717) is 0 Å². The second-order valence-electron chi connectivity index (χ2n) is 6.72. The highest BCUT2D eigenvalue weighted by atomic mass is 32.1. The summed E-state index contributed by atoms with van der Waals surface area (Å²) in [4.78, 5) is 2.26. The summed E-state index contributed by atoms with van der Waals surface area (Å²) in [7, 11) is 0. The molecule has 27 heavy (non-hydrogen) atoms. The summed E-state index contributed by atoms with van der Waals surface area (Å²) >= 11 is 5.78. The van der Waals surface area contributed by atoms with Gasteiger partial charge in [0.25, 0.3) is 0 Å². The Bertz CT molecular complexity index is 819. The smallest absolute Gasteiger partial charge is 0.169 e. The minimum atomic E-state index is 0.175.